The summed E-state index contributed by atoms with van der Waals surface area (Å²) in [5.74, 6) is -7.33. The molecule has 0 aliphatic heterocycles. The number of rotatable bonds is 13. The molecule has 0 aliphatic carbocycles. The summed E-state index contributed by atoms with van der Waals surface area (Å²) in [5, 5.41) is 0. The third-order valence-electron chi connectivity index (χ3n) is 6.11. The van der Waals surface area contributed by atoms with Crippen LogP contribution in [-0.4, -0.2) is 34.8 Å². The van der Waals surface area contributed by atoms with Gasteiger partial charge < -0.3 is 14.2 Å². The zero-order valence-electron chi connectivity index (χ0n) is 22.5. The lowest BCUT2D eigenvalue weighted by Gasteiger charge is -2.33. The van der Waals surface area contributed by atoms with E-state index < -0.39 is 94.1 Å². The zero-order chi connectivity index (χ0) is 31.2. The Kier molecular flexibility index (Phi) is 9.87. The van der Waals surface area contributed by atoms with Crippen LogP contribution >= 0.6 is 0 Å². The van der Waals surface area contributed by atoms with Crippen LogP contribution in [0.4, 0.5) is 26.3 Å². The van der Waals surface area contributed by atoms with Gasteiger partial charge >= 0.3 is 0 Å². The number of halogens is 6. The Morgan fingerprint density at radius 1 is 0.558 bits per heavy atom. The van der Waals surface area contributed by atoms with E-state index in [9.17, 15) is 34.8 Å². The molecule has 4 aromatic rings. The summed E-state index contributed by atoms with van der Waals surface area (Å²) >= 11 is 0. The van der Waals surface area contributed by atoms with Gasteiger partial charge in [0.25, 0.3) is 10.1 Å². The lowest BCUT2D eigenvalue weighted by molar-refractivity contribution is -0.00455. The van der Waals surface area contributed by atoms with E-state index in [4.69, 9.17) is 18.4 Å². The molecule has 0 fully saturated rings. The lowest BCUT2D eigenvalue weighted by Crippen LogP contribution is -2.45. The van der Waals surface area contributed by atoms with Gasteiger partial charge in [0, 0.05) is 18.2 Å². The molecule has 0 aliphatic rings. The van der Waals surface area contributed by atoms with Crippen molar-refractivity contribution in [2.75, 3.05) is 26.4 Å². The molecule has 4 aromatic carbocycles. The van der Waals surface area contributed by atoms with E-state index in [0.29, 0.717) is 18.2 Å². The zero-order valence-corrected chi connectivity index (χ0v) is 23.3. The molecule has 0 saturated carbocycles. The molecule has 0 amide bonds. The van der Waals surface area contributed by atoms with Crippen LogP contribution in [-0.2, 0) is 14.3 Å². The van der Waals surface area contributed by atoms with Crippen LogP contribution < -0.4 is 14.2 Å². The maximum atomic E-state index is 14.4. The van der Waals surface area contributed by atoms with Gasteiger partial charge in [-0.15, -0.1) is 0 Å². The van der Waals surface area contributed by atoms with Crippen molar-refractivity contribution >= 4 is 10.1 Å². The van der Waals surface area contributed by atoms with Crippen LogP contribution in [0.25, 0.3) is 0 Å². The summed E-state index contributed by atoms with van der Waals surface area (Å²) in [7, 11) is -4.44. The second kappa shape index (κ2) is 13.4. The predicted molar refractivity (Wildman–Crippen MR) is 142 cm³/mol. The summed E-state index contributed by atoms with van der Waals surface area (Å²) < 4.78 is 132. The Hall–Kier alpha value is -4.23. The summed E-state index contributed by atoms with van der Waals surface area (Å²) in [6.45, 7) is -1.05. The quantitative estimate of drug-likeness (QED) is 0.121. The summed E-state index contributed by atoms with van der Waals surface area (Å²) in [6, 6.07) is 12.9. The molecule has 6 nitrogen and oxygen atoms in total. The minimum Gasteiger partial charge on any atom is -0.490 e. The van der Waals surface area contributed by atoms with Gasteiger partial charge in [0.2, 0.25) is 0 Å². The smallest absolute Gasteiger partial charge is 0.296 e. The number of hydrogen-bond donors (Lipinski definition) is 0. The van der Waals surface area contributed by atoms with Crippen molar-refractivity contribution < 1.29 is 53.2 Å². The fraction of sp³-hybridized carbons (Fsp3) is 0.200. The molecule has 0 unspecified atom stereocenters. The molecule has 4 rings (SSSR count). The number of aryl methyl sites for hydroxylation is 1. The molecule has 0 atom stereocenters. The summed E-state index contributed by atoms with van der Waals surface area (Å²) in [4.78, 5) is -0.214. The second-order valence-corrected chi connectivity index (χ2v) is 11.2. The minimum absolute atomic E-state index is 0.214. The molecule has 0 radical (unpaired) electrons. The standard InChI is InChI=1S/C30H24F6O6S/c1-19-2-7-23(8-3-19)43(37,38)42-18-30(15-39-27-9-4-20(31)12-24(27)34,16-40-28-10-5-21(32)13-25(28)35)17-41-29-11-6-22(33)14-26(29)36/h2-14H,15-18H2,1H3. The van der Waals surface area contributed by atoms with Crippen LogP contribution in [0.2, 0.25) is 0 Å². The van der Waals surface area contributed by atoms with Crippen LogP contribution in [0.15, 0.2) is 83.8 Å². The van der Waals surface area contributed by atoms with E-state index in [-0.39, 0.29) is 4.90 Å². The molecule has 228 valence electrons. The number of ether oxygens (including phenoxy) is 3. The first-order valence-electron chi connectivity index (χ1n) is 12.6. The number of hydrogen-bond acceptors (Lipinski definition) is 6. The van der Waals surface area contributed by atoms with Crippen molar-refractivity contribution in [1.29, 1.82) is 0 Å². The van der Waals surface area contributed by atoms with Crippen LogP contribution in [0.5, 0.6) is 17.2 Å². The molecule has 13 heteroatoms. The SMILES string of the molecule is Cc1ccc(S(=O)(=O)OCC(COc2ccc(F)cc2F)(COc2ccc(F)cc2F)COc2ccc(F)cc2F)cc1. The van der Waals surface area contributed by atoms with Crippen molar-refractivity contribution in [1.82, 2.24) is 0 Å². The highest BCUT2D eigenvalue weighted by molar-refractivity contribution is 7.86. The third kappa shape index (κ3) is 8.42. The fourth-order valence-corrected chi connectivity index (χ4v) is 4.71. The maximum Gasteiger partial charge on any atom is 0.296 e. The van der Waals surface area contributed by atoms with Crippen LogP contribution in [0.1, 0.15) is 5.56 Å². The van der Waals surface area contributed by atoms with Gasteiger partial charge in [0.1, 0.15) is 37.3 Å². The Labute approximate surface area is 243 Å². The normalized spacial score (nSPS) is 11.8. The first-order valence-corrected chi connectivity index (χ1v) is 14.0. The molecule has 0 spiro atoms. The fourth-order valence-electron chi connectivity index (χ4n) is 3.69. The highest BCUT2D eigenvalue weighted by Gasteiger charge is 2.38. The van der Waals surface area contributed by atoms with Crippen molar-refractivity contribution in [2.45, 2.75) is 11.8 Å². The molecule has 43 heavy (non-hydrogen) atoms. The summed E-state index contributed by atoms with van der Waals surface area (Å²) in [5.41, 5.74) is -1.02. The maximum absolute atomic E-state index is 14.4. The molecule has 0 saturated heterocycles. The van der Waals surface area contributed by atoms with Gasteiger partial charge in [0.15, 0.2) is 34.7 Å². The Bertz CT molecular complexity index is 1550. The van der Waals surface area contributed by atoms with Gasteiger partial charge in [0.05, 0.1) is 16.9 Å². The molecule has 0 heterocycles. The Morgan fingerprint density at radius 3 is 1.28 bits per heavy atom. The van der Waals surface area contributed by atoms with E-state index in [0.717, 1.165) is 42.0 Å². The van der Waals surface area contributed by atoms with Crippen LogP contribution in [0.3, 0.4) is 0 Å². The second-order valence-electron chi connectivity index (χ2n) is 9.62. The largest absolute Gasteiger partial charge is 0.490 e. The monoisotopic (exact) mass is 626 g/mol. The van der Waals surface area contributed by atoms with E-state index >= 15 is 0 Å². The lowest BCUT2D eigenvalue weighted by atomic mass is 9.92. The van der Waals surface area contributed by atoms with E-state index in [1.807, 2.05) is 0 Å². The van der Waals surface area contributed by atoms with Crippen molar-refractivity contribution in [2.24, 2.45) is 5.41 Å². The van der Waals surface area contributed by atoms with Gasteiger partial charge in [-0.2, -0.15) is 8.42 Å². The predicted octanol–water partition coefficient (Wildman–Crippen LogP) is 6.76. The molecule has 0 bridgehead atoms. The van der Waals surface area contributed by atoms with E-state index in [2.05, 4.69) is 0 Å². The first kappa shape index (κ1) is 31.7. The average molecular weight is 627 g/mol. The van der Waals surface area contributed by atoms with Gasteiger partial charge in [-0.1, -0.05) is 17.7 Å². The van der Waals surface area contributed by atoms with Gasteiger partial charge in [-0.3, -0.25) is 4.18 Å². The van der Waals surface area contributed by atoms with E-state index in [1.54, 1.807) is 6.92 Å². The summed E-state index contributed by atoms with van der Waals surface area (Å²) in [6.07, 6.45) is 0. The highest BCUT2D eigenvalue weighted by Crippen LogP contribution is 2.30. The first-order chi connectivity index (χ1) is 20.4. The topological polar surface area (TPSA) is 71.1 Å². The minimum atomic E-state index is -4.44. The van der Waals surface area contributed by atoms with Crippen molar-refractivity contribution in [3.05, 3.63) is 119 Å². The molecule has 0 N–H and O–H groups in total. The van der Waals surface area contributed by atoms with Crippen LogP contribution in [0, 0.1) is 47.2 Å². The van der Waals surface area contributed by atoms with Gasteiger partial charge in [-0.05, 0) is 55.5 Å². The number of benzene rings is 4. The van der Waals surface area contributed by atoms with Crippen molar-refractivity contribution in [3.8, 4) is 17.2 Å². The Balaban J connectivity index is 1.69. The Morgan fingerprint density at radius 2 is 0.930 bits per heavy atom. The molecule has 0 aromatic heterocycles. The van der Waals surface area contributed by atoms with E-state index in [1.165, 1.54) is 24.3 Å². The molecular weight excluding hydrogens is 602 g/mol. The molecular formula is C30H24F6O6S. The highest BCUT2D eigenvalue weighted by atomic mass is 32.2. The van der Waals surface area contributed by atoms with Crippen molar-refractivity contribution in [3.63, 3.8) is 0 Å². The average Bonchev–Trinajstić information content (AvgIpc) is 2.95. The third-order valence-corrected chi connectivity index (χ3v) is 7.39. The van der Waals surface area contributed by atoms with Gasteiger partial charge in [-0.25, -0.2) is 26.3 Å².